The van der Waals surface area contributed by atoms with Crippen LogP contribution in [0, 0.1) is 0 Å². The number of methoxy groups -OCH3 is 1. The standard InChI is InChI=1S/C25H28N6O4/c1-15(34-5)23-26-20(21(31(23)4)25(2,3)33)24(32)35-14-16-10-12-17(13-11-16)18-8-6-7-9-19(18)22-27-29-30-28-22/h6-13,15,33H,14H2,1-5H3,(H,27,28,29,30). The Kier molecular flexibility index (Phi) is 6.77. The molecule has 4 rings (SSSR count). The van der Waals surface area contributed by atoms with Crippen molar-refractivity contribution in [2.24, 2.45) is 7.05 Å². The Morgan fingerprint density at radius 1 is 1.14 bits per heavy atom. The van der Waals surface area contributed by atoms with E-state index in [2.05, 4.69) is 25.6 Å². The third-order valence-corrected chi connectivity index (χ3v) is 5.77. The van der Waals surface area contributed by atoms with Crippen molar-refractivity contribution in [2.45, 2.75) is 39.1 Å². The molecule has 0 bridgehead atoms. The first-order valence-corrected chi connectivity index (χ1v) is 11.1. The van der Waals surface area contributed by atoms with Gasteiger partial charge < -0.3 is 19.1 Å². The van der Waals surface area contributed by atoms with Crippen molar-refractivity contribution in [1.29, 1.82) is 0 Å². The minimum Gasteiger partial charge on any atom is -0.456 e. The summed E-state index contributed by atoms with van der Waals surface area (Å²) in [5.41, 5.74) is 2.74. The summed E-state index contributed by atoms with van der Waals surface area (Å²) in [4.78, 5) is 17.4. The molecule has 0 spiro atoms. The lowest BCUT2D eigenvalue weighted by atomic mass is 9.98. The third-order valence-electron chi connectivity index (χ3n) is 5.77. The number of imidazole rings is 1. The molecule has 2 aromatic heterocycles. The minimum absolute atomic E-state index is 0.0582. The second-order valence-electron chi connectivity index (χ2n) is 8.72. The molecule has 1 atom stereocenters. The van der Waals surface area contributed by atoms with Crippen LogP contribution < -0.4 is 0 Å². The van der Waals surface area contributed by atoms with E-state index in [4.69, 9.17) is 9.47 Å². The van der Waals surface area contributed by atoms with Gasteiger partial charge in [0, 0.05) is 19.7 Å². The number of hydrogen-bond donors (Lipinski definition) is 2. The number of aromatic amines is 1. The first-order chi connectivity index (χ1) is 16.7. The largest absolute Gasteiger partial charge is 0.456 e. The SMILES string of the molecule is COC(C)c1nc(C(=O)OCc2ccc(-c3ccccc3-c3nn[nH]n3)cc2)c(C(C)(C)O)n1C. The van der Waals surface area contributed by atoms with Gasteiger partial charge in [0.05, 0.1) is 5.69 Å². The number of benzene rings is 2. The second kappa shape index (κ2) is 9.77. The summed E-state index contributed by atoms with van der Waals surface area (Å²) >= 11 is 0. The molecular formula is C25H28N6O4. The van der Waals surface area contributed by atoms with E-state index in [9.17, 15) is 9.90 Å². The number of H-pyrrole nitrogens is 1. The number of aromatic nitrogens is 6. The van der Waals surface area contributed by atoms with E-state index >= 15 is 0 Å². The van der Waals surface area contributed by atoms with Crippen molar-refractivity contribution < 1.29 is 19.4 Å². The maximum atomic E-state index is 13.0. The van der Waals surface area contributed by atoms with Gasteiger partial charge in [-0.1, -0.05) is 48.5 Å². The lowest BCUT2D eigenvalue weighted by Crippen LogP contribution is -2.24. The Balaban J connectivity index is 1.53. The third kappa shape index (κ3) is 4.98. The fourth-order valence-electron chi connectivity index (χ4n) is 4.03. The number of tetrazole rings is 1. The summed E-state index contributed by atoms with van der Waals surface area (Å²) in [7, 11) is 3.30. The van der Waals surface area contributed by atoms with Gasteiger partial charge in [-0.3, -0.25) is 0 Å². The van der Waals surface area contributed by atoms with Crippen LogP contribution >= 0.6 is 0 Å². The average Bonchev–Trinajstić information content (AvgIpc) is 3.50. The molecule has 0 saturated heterocycles. The zero-order valence-electron chi connectivity index (χ0n) is 20.3. The van der Waals surface area contributed by atoms with Gasteiger partial charge in [-0.05, 0) is 42.7 Å². The number of nitrogens with one attached hydrogen (secondary N) is 1. The van der Waals surface area contributed by atoms with E-state index < -0.39 is 11.6 Å². The van der Waals surface area contributed by atoms with E-state index in [1.54, 1.807) is 32.6 Å². The molecule has 0 saturated carbocycles. The van der Waals surface area contributed by atoms with Gasteiger partial charge in [0.1, 0.15) is 24.1 Å². The average molecular weight is 477 g/mol. The number of hydrogen-bond acceptors (Lipinski definition) is 8. The molecule has 0 aliphatic rings. The molecule has 0 amide bonds. The molecule has 2 aromatic carbocycles. The summed E-state index contributed by atoms with van der Waals surface area (Å²) in [6.07, 6.45) is -0.356. The minimum atomic E-state index is -1.30. The van der Waals surface area contributed by atoms with Crippen LogP contribution in [0.3, 0.4) is 0 Å². The Morgan fingerprint density at radius 3 is 2.43 bits per heavy atom. The van der Waals surface area contributed by atoms with Crippen molar-refractivity contribution in [3.05, 3.63) is 71.3 Å². The maximum Gasteiger partial charge on any atom is 0.359 e. The number of nitrogens with zero attached hydrogens (tertiary/aromatic N) is 5. The van der Waals surface area contributed by atoms with Crippen molar-refractivity contribution in [3.8, 4) is 22.5 Å². The highest BCUT2D eigenvalue weighted by molar-refractivity contribution is 5.89. The van der Waals surface area contributed by atoms with Crippen molar-refractivity contribution >= 4 is 5.97 Å². The molecule has 2 heterocycles. The molecule has 4 aromatic rings. The Hall–Kier alpha value is -3.89. The van der Waals surface area contributed by atoms with Crippen LogP contribution in [-0.2, 0) is 28.7 Å². The normalized spacial score (nSPS) is 12.5. The number of aliphatic hydroxyl groups is 1. The Bertz CT molecular complexity index is 1310. The number of ether oxygens (including phenoxy) is 2. The van der Waals surface area contributed by atoms with Crippen LogP contribution in [0.15, 0.2) is 48.5 Å². The molecule has 0 aliphatic heterocycles. The summed E-state index contributed by atoms with van der Waals surface area (Å²) in [6.45, 7) is 5.09. The highest BCUT2D eigenvalue weighted by atomic mass is 16.5. The zero-order chi connectivity index (χ0) is 25.2. The van der Waals surface area contributed by atoms with Crippen LogP contribution in [0.2, 0.25) is 0 Å². The molecule has 182 valence electrons. The predicted octanol–water partition coefficient (Wildman–Crippen LogP) is 3.56. The molecule has 0 radical (unpaired) electrons. The van der Waals surface area contributed by atoms with E-state index in [-0.39, 0.29) is 18.4 Å². The molecule has 10 nitrogen and oxygen atoms in total. The highest BCUT2D eigenvalue weighted by Crippen LogP contribution is 2.30. The first-order valence-electron chi connectivity index (χ1n) is 11.1. The van der Waals surface area contributed by atoms with Gasteiger partial charge in [0.25, 0.3) is 0 Å². The van der Waals surface area contributed by atoms with Crippen LogP contribution in [0.5, 0.6) is 0 Å². The van der Waals surface area contributed by atoms with Crippen molar-refractivity contribution in [1.82, 2.24) is 30.2 Å². The summed E-state index contributed by atoms with van der Waals surface area (Å²) < 4.78 is 12.6. The highest BCUT2D eigenvalue weighted by Gasteiger charge is 2.33. The molecule has 0 fully saturated rings. The predicted molar refractivity (Wildman–Crippen MR) is 128 cm³/mol. The van der Waals surface area contributed by atoms with E-state index in [1.807, 2.05) is 55.5 Å². The van der Waals surface area contributed by atoms with E-state index in [0.29, 0.717) is 17.3 Å². The van der Waals surface area contributed by atoms with Gasteiger partial charge in [0.15, 0.2) is 5.69 Å². The first kappa shape index (κ1) is 24.2. The molecular weight excluding hydrogens is 448 g/mol. The number of carbonyl (C=O) groups excluding carboxylic acids is 1. The molecule has 35 heavy (non-hydrogen) atoms. The van der Waals surface area contributed by atoms with Crippen LogP contribution in [0.25, 0.3) is 22.5 Å². The second-order valence-corrected chi connectivity index (χ2v) is 8.72. The molecule has 0 aliphatic carbocycles. The van der Waals surface area contributed by atoms with Gasteiger partial charge >= 0.3 is 5.97 Å². The van der Waals surface area contributed by atoms with Crippen molar-refractivity contribution in [2.75, 3.05) is 7.11 Å². The van der Waals surface area contributed by atoms with Gasteiger partial charge in [-0.15, -0.1) is 10.2 Å². The number of esters is 1. The van der Waals surface area contributed by atoms with Crippen LogP contribution in [-0.4, -0.2) is 48.4 Å². The number of carbonyl (C=O) groups is 1. The monoisotopic (exact) mass is 476 g/mol. The fourth-order valence-corrected chi connectivity index (χ4v) is 4.03. The molecule has 2 N–H and O–H groups in total. The summed E-state index contributed by atoms with van der Waals surface area (Å²) in [5, 5.41) is 24.9. The van der Waals surface area contributed by atoms with Gasteiger partial charge in [-0.25, -0.2) is 9.78 Å². The van der Waals surface area contributed by atoms with Gasteiger partial charge in [0.2, 0.25) is 5.82 Å². The fraction of sp³-hybridized carbons (Fsp3) is 0.320. The molecule has 10 heteroatoms. The Labute approximate surface area is 202 Å². The van der Waals surface area contributed by atoms with E-state index in [1.165, 1.54) is 0 Å². The maximum absolute atomic E-state index is 13.0. The Morgan fingerprint density at radius 2 is 1.83 bits per heavy atom. The van der Waals surface area contributed by atoms with Crippen molar-refractivity contribution in [3.63, 3.8) is 0 Å². The quantitative estimate of drug-likeness (QED) is 0.370. The number of rotatable bonds is 8. The lowest BCUT2D eigenvalue weighted by Gasteiger charge is -2.20. The van der Waals surface area contributed by atoms with E-state index in [0.717, 1.165) is 22.3 Å². The smallest absolute Gasteiger partial charge is 0.359 e. The zero-order valence-corrected chi connectivity index (χ0v) is 20.3. The van der Waals surface area contributed by atoms with Gasteiger partial charge in [-0.2, -0.15) is 5.21 Å². The van der Waals surface area contributed by atoms with Crippen LogP contribution in [0.1, 0.15) is 54.4 Å². The topological polar surface area (TPSA) is 128 Å². The summed E-state index contributed by atoms with van der Waals surface area (Å²) in [5.74, 6) is 0.429. The molecule has 1 unspecified atom stereocenters. The summed E-state index contributed by atoms with van der Waals surface area (Å²) in [6, 6.07) is 15.5. The van der Waals surface area contributed by atoms with Crippen LogP contribution in [0.4, 0.5) is 0 Å². The lowest BCUT2D eigenvalue weighted by molar-refractivity contribution is 0.0422.